The number of aryl methyl sites for hydroxylation is 1. The van der Waals surface area contributed by atoms with Crippen molar-refractivity contribution in [3.05, 3.63) is 16.5 Å². The van der Waals surface area contributed by atoms with Crippen LogP contribution in [0.5, 0.6) is 0 Å². The maximum Gasteiger partial charge on any atom is 0.230 e. The molecule has 0 unspecified atom stereocenters. The molecule has 0 bridgehead atoms. The Kier molecular flexibility index (Phi) is 6.83. The number of thiophene rings is 1. The van der Waals surface area contributed by atoms with E-state index in [1.807, 2.05) is 23.0 Å². The molecule has 1 atom stereocenters. The standard InChI is InChI=1S/C20H30N4O2S2/c1-20(2,3)14-6-7-15-13(10-14)11-16(28-15)18-22-23-19(24(18)4)27-12-17(25)21-8-9-26-5/h11,14H,6-10,12H2,1-5H3,(H,21,25)/t14-/m1/s1. The Balaban J connectivity index is 1.66. The summed E-state index contributed by atoms with van der Waals surface area (Å²) in [6, 6.07) is 2.30. The molecular weight excluding hydrogens is 392 g/mol. The summed E-state index contributed by atoms with van der Waals surface area (Å²) >= 11 is 3.25. The average molecular weight is 423 g/mol. The third-order valence-corrected chi connectivity index (χ3v) is 7.58. The van der Waals surface area contributed by atoms with Crippen LogP contribution in [0.3, 0.4) is 0 Å². The van der Waals surface area contributed by atoms with Crippen LogP contribution in [0.25, 0.3) is 10.7 Å². The highest BCUT2D eigenvalue weighted by Gasteiger charge is 2.30. The van der Waals surface area contributed by atoms with Crippen LogP contribution < -0.4 is 5.32 Å². The first-order chi connectivity index (χ1) is 13.3. The SMILES string of the molecule is COCCNC(=O)CSc1nnc(-c2cc3c(s2)CC[C@@H](C(C)(C)C)C3)n1C. The number of hydrogen-bond donors (Lipinski definition) is 1. The minimum absolute atomic E-state index is 0.0218. The van der Waals surface area contributed by atoms with E-state index in [1.165, 1.54) is 33.5 Å². The summed E-state index contributed by atoms with van der Waals surface area (Å²) in [7, 11) is 3.59. The largest absolute Gasteiger partial charge is 0.383 e. The molecule has 0 saturated carbocycles. The lowest BCUT2D eigenvalue weighted by Crippen LogP contribution is -2.28. The molecule has 3 rings (SSSR count). The number of fused-ring (bicyclic) bond motifs is 1. The molecule has 6 nitrogen and oxygen atoms in total. The number of methoxy groups -OCH3 is 1. The Morgan fingerprint density at radius 2 is 2.21 bits per heavy atom. The molecule has 1 aliphatic rings. The third-order valence-electron chi connectivity index (χ3n) is 5.32. The Morgan fingerprint density at radius 3 is 2.93 bits per heavy atom. The Bertz CT molecular complexity index is 823. The van der Waals surface area contributed by atoms with Crippen molar-refractivity contribution in [1.29, 1.82) is 0 Å². The van der Waals surface area contributed by atoms with E-state index < -0.39 is 0 Å². The average Bonchev–Trinajstić information content (AvgIpc) is 3.21. The van der Waals surface area contributed by atoms with E-state index in [2.05, 4.69) is 42.4 Å². The predicted molar refractivity (Wildman–Crippen MR) is 115 cm³/mol. The quantitative estimate of drug-likeness (QED) is 0.546. The molecule has 0 aliphatic heterocycles. The second-order valence-electron chi connectivity index (χ2n) is 8.36. The molecule has 1 aliphatic carbocycles. The van der Waals surface area contributed by atoms with Crippen molar-refractivity contribution in [3.63, 3.8) is 0 Å². The van der Waals surface area contributed by atoms with E-state index in [1.54, 1.807) is 7.11 Å². The lowest BCUT2D eigenvalue weighted by Gasteiger charge is -2.33. The maximum atomic E-state index is 11.9. The number of ether oxygens (including phenoxy) is 1. The van der Waals surface area contributed by atoms with Gasteiger partial charge in [-0.2, -0.15) is 0 Å². The van der Waals surface area contributed by atoms with Crippen molar-refractivity contribution >= 4 is 29.0 Å². The number of rotatable bonds is 7. The van der Waals surface area contributed by atoms with Gasteiger partial charge in [0.05, 0.1) is 17.2 Å². The molecule has 0 saturated heterocycles. The molecule has 0 aromatic carbocycles. The highest BCUT2D eigenvalue weighted by atomic mass is 32.2. The van der Waals surface area contributed by atoms with Gasteiger partial charge in [0.2, 0.25) is 5.91 Å². The fourth-order valence-electron chi connectivity index (χ4n) is 3.50. The van der Waals surface area contributed by atoms with E-state index in [4.69, 9.17) is 4.74 Å². The van der Waals surface area contributed by atoms with Gasteiger partial charge in [-0.25, -0.2) is 0 Å². The number of carbonyl (C=O) groups excluding carboxylic acids is 1. The number of amides is 1. The van der Waals surface area contributed by atoms with E-state index in [9.17, 15) is 4.79 Å². The number of hydrogen-bond acceptors (Lipinski definition) is 6. The van der Waals surface area contributed by atoms with Gasteiger partial charge in [-0.3, -0.25) is 4.79 Å². The molecule has 8 heteroatoms. The Morgan fingerprint density at radius 1 is 1.43 bits per heavy atom. The van der Waals surface area contributed by atoms with Crippen molar-refractivity contribution in [1.82, 2.24) is 20.1 Å². The Labute approximate surface area is 175 Å². The second kappa shape index (κ2) is 8.97. The van der Waals surface area contributed by atoms with Crippen molar-refractivity contribution in [3.8, 4) is 10.7 Å². The highest BCUT2D eigenvalue weighted by Crippen LogP contribution is 2.42. The van der Waals surface area contributed by atoms with Gasteiger partial charge >= 0.3 is 0 Å². The van der Waals surface area contributed by atoms with Crippen LogP contribution in [0, 0.1) is 11.3 Å². The van der Waals surface area contributed by atoms with Gasteiger partial charge in [-0.1, -0.05) is 32.5 Å². The molecule has 28 heavy (non-hydrogen) atoms. The molecule has 154 valence electrons. The van der Waals surface area contributed by atoms with Gasteiger partial charge in [-0.05, 0) is 42.2 Å². The van der Waals surface area contributed by atoms with Crippen LogP contribution in [-0.4, -0.2) is 46.7 Å². The van der Waals surface area contributed by atoms with Crippen LogP contribution in [0.15, 0.2) is 11.2 Å². The van der Waals surface area contributed by atoms with Crippen LogP contribution in [-0.2, 0) is 29.4 Å². The number of nitrogens with zero attached hydrogens (tertiary/aromatic N) is 3. The lowest BCUT2D eigenvalue weighted by molar-refractivity contribution is -0.118. The van der Waals surface area contributed by atoms with Crippen LogP contribution in [0.4, 0.5) is 0 Å². The summed E-state index contributed by atoms with van der Waals surface area (Å²) in [5, 5.41) is 12.3. The predicted octanol–water partition coefficient (Wildman–Crippen LogP) is 3.55. The fraction of sp³-hybridized carbons (Fsp3) is 0.650. The van der Waals surface area contributed by atoms with Crippen molar-refractivity contribution < 1.29 is 9.53 Å². The normalized spacial score (nSPS) is 16.8. The zero-order chi connectivity index (χ0) is 20.3. The van der Waals surface area contributed by atoms with E-state index in [-0.39, 0.29) is 5.91 Å². The molecule has 0 fully saturated rings. The van der Waals surface area contributed by atoms with Crippen LogP contribution in [0.2, 0.25) is 0 Å². The number of nitrogens with one attached hydrogen (secondary N) is 1. The van der Waals surface area contributed by atoms with Gasteiger partial charge in [0.25, 0.3) is 0 Å². The number of aromatic nitrogens is 3. The van der Waals surface area contributed by atoms with E-state index >= 15 is 0 Å². The van der Waals surface area contributed by atoms with Crippen molar-refractivity contribution in [2.45, 2.75) is 45.2 Å². The summed E-state index contributed by atoms with van der Waals surface area (Å²) in [6.45, 7) is 8.06. The Hall–Kier alpha value is -1.38. The minimum Gasteiger partial charge on any atom is -0.383 e. The van der Waals surface area contributed by atoms with Crippen LogP contribution >= 0.6 is 23.1 Å². The van der Waals surface area contributed by atoms with Crippen molar-refractivity contribution in [2.75, 3.05) is 26.0 Å². The number of thioether (sulfide) groups is 1. The highest BCUT2D eigenvalue weighted by molar-refractivity contribution is 7.99. The van der Waals surface area contributed by atoms with Gasteiger partial charge in [0, 0.05) is 25.6 Å². The lowest BCUT2D eigenvalue weighted by atomic mass is 9.72. The zero-order valence-electron chi connectivity index (χ0n) is 17.4. The number of carbonyl (C=O) groups is 1. The molecule has 0 spiro atoms. The summed E-state index contributed by atoms with van der Waals surface area (Å²) in [4.78, 5) is 14.5. The first-order valence-electron chi connectivity index (χ1n) is 9.69. The monoisotopic (exact) mass is 422 g/mol. The van der Waals surface area contributed by atoms with E-state index in [0.29, 0.717) is 24.3 Å². The topological polar surface area (TPSA) is 69.0 Å². The summed E-state index contributed by atoms with van der Waals surface area (Å²) in [6.07, 6.45) is 3.56. The first-order valence-corrected chi connectivity index (χ1v) is 11.5. The van der Waals surface area contributed by atoms with Gasteiger partial charge < -0.3 is 14.6 Å². The summed E-state index contributed by atoms with van der Waals surface area (Å²) < 4.78 is 6.93. The van der Waals surface area contributed by atoms with Crippen molar-refractivity contribution in [2.24, 2.45) is 18.4 Å². The minimum atomic E-state index is -0.0218. The summed E-state index contributed by atoms with van der Waals surface area (Å²) in [5.74, 6) is 1.91. The smallest absolute Gasteiger partial charge is 0.230 e. The maximum absolute atomic E-state index is 11.9. The molecule has 2 aromatic rings. The second-order valence-corrected chi connectivity index (χ2v) is 10.4. The molecular formula is C20H30N4O2S2. The molecule has 2 heterocycles. The first kappa shape index (κ1) is 21.3. The summed E-state index contributed by atoms with van der Waals surface area (Å²) in [5.41, 5.74) is 1.82. The van der Waals surface area contributed by atoms with Gasteiger partial charge in [-0.15, -0.1) is 21.5 Å². The third kappa shape index (κ3) is 4.96. The zero-order valence-corrected chi connectivity index (χ0v) is 19.0. The molecule has 1 amide bonds. The van der Waals surface area contributed by atoms with E-state index in [0.717, 1.165) is 29.7 Å². The van der Waals surface area contributed by atoms with Crippen LogP contribution in [0.1, 0.15) is 37.6 Å². The molecule has 0 radical (unpaired) electrons. The molecule has 1 N–H and O–H groups in total. The molecule has 2 aromatic heterocycles. The fourth-order valence-corrected chi connectivity index (χ4v) is 5.47. The van der Waals surface area contributed by atoms with Gasteiger partial charge in [0.1, 0.15) is 0 Å². The van der Waals surface area contributed by atoms with Gasteiger partial charge in [0.15, 0.2) is 11.0 Å².